The summed E-state index contributed by atoms with van der Waals surface area (Å²) in [5.41, 5.74) is 4.38. The lowest BCUT2D eigenvalue weighted by atomic mass is 10.2. The summed E-state index contributed by atoms with van der Waals surface area (Å²) in [5.74, 6) is 4.69. The van der Waals surface area contributed by atoms with E-state index in [0.29, 0.717) is 98.9 Å². The maximum Gasteiger partial charge on any atom is 0.230 e. The van der Waals surface area contributed by atoms with Crippen LogP contribution in [0.2, 0.25) is 5.15 Å². The normalized spacial score (nSPS) is 13.7. The van der Waals surface area contributed by atoms with E-state index in [0.717, 1.165) is 83.5 Å². The van der Waals surface area contributed by atoms with Gasteiger partial charge in [0.2, 0.25) is 17.6 Å². The van der Waals surface area contributed by atoms with Gasteiger partial charge in [0, 0.05) is 100 Å². The molecule has 74 heavy (non-hydrogen) atoms. The zero-order valence-electron chi connectivity index (χ0n) is 41.5. The van der Waals surface area contributed by atoms with Gasteiger partial charge in [0.15, 0.2) is 23.1 Å². The summed E-state index contributed by atoms with van der Waals surface area (Å²) in [5, 5.41) is 13.4. The van der Waals surface area contributed by atoms with E-state index in [4.69, 9.17) is 44.8 Å². The molecule has 2 aliphatic rings. The van der Waals surface area contributed by atoms with Crippen LogP contribution < -0.4 is 45.0 Å². The molecule has 0 radical (unpaired) electrons. The molecule has 3 aromatic carbocycles. The standard InChI is InChI=1S/C29H32FN7O4.C22H26ClN7O3/c1-38-24-16-22(17-25(39-2)26(24)41-15-12-37-10-13-40-14-11-37)35-29-34-19-33-28(36-29)23-4-3-9-31-27(23)32-18-20-5-7-21(30)8-6-20;1-31-17-12-15(13-18(32-2)19(17)24-6-7-30-8-10-33-11-9-30)28-22-27-14-26-21(29-22)16-4-3-5-25-20(16)23/h3-9,16-17,19H,10-15,18H2,1-2H3,(H,31,32)(H,33,34,35,36);3-5,12-14,24H,6-11H2,1-2H3,(H,26,27,28,29). The van der Waals surface area contributed by atoms with Gasteiger partial charge in [-0.2, -0.15) is 9.97 Å². The number of hydrogen-bond acceptors (Lipinski definition) is 21. The van der Waals surface area contributed by atoms with Crippen molar-refractivity contribution >= 4 is 46.4 Å². The number of ether oxygens (including phenoxy) is 7. The predicted molar refractivity (Wildman–Crippen MR) is 279 cm³/mol. The van der Waals surface area contributed by atoms with Crippen LogP contribution in [0.15, 0.2) is 97.8 Å². The van der Waals surface area contributed by atoms with Crippen LogP contribution in [0.4, 0.5) is 39.2 Å². The van der Waals surface area contributed by atoms with Crippen molar-refractivity contribution in [3.63, 3.8) is 0 Å². The van der Waals surface area contributed by atoms with E-state index in [1.165, 1.54) is 24.8 Å². The van der Waals surface area contributed by atoms with Gasteiger partial charge in [0.25, 0.3) is 0 Å². The van der Waals surface area contributed by atoms with E-state index in [9.17, 15) is 4.39 Å². The Kier molecular flexibility index (Phi) is 19.0. The summed E-state index contributed by atoms with van der Waals surface area (Å²) < 4.78 is 52.6. The highest BCUT2D eigenvalue weighted by atomic mass is 35.5. The monoisotopic (exact) mass is 1030 g/mol. The molecular formula is C51H58ClFN14O7. The van der Waals surface area contributed by atoms with Gasteiger partial charge in [0.05, 0.1) is 66.0 Å². The maximum absolute atomic E-state index is 13.3. The first-order valence-corrected chi connectivity index (χ1v) is 24.1. The van der Waals surface area contributed by atoms with Crippen LogP contribution in [0.5, 0.6) is 28.7 Å². The number of halogens is 2. The lowest BCUT2D eigenvalue weighted by Crippen LogP contribution is -2.39. The minimum atomic E-state index is -0.279. The van der Waals surface area contributed by atoms with E-state index in [1.54, 1.807) is 77.2 Å². The molecule has 0 unspecified atom stereocenters. The molecule has 0 atom stereocenters. The first-order chi connectivity index (χ1) is 36.3. The van der Waals surface area contributed by atoms with Crippen LogP contribution in [-0.2, 0) is 16.0 Å². The van der Waals surface area contributed by atoms with E-state index in [-0.39, 0.29) is 5.82 Å². The maximum atomic E-state index is 13.3. The Bertz CT molecular complexity index is 2850. The van der Waals surface area contributed by atoms with Crippen LogP contribution >= 0.6 is 11.6 Å². The summed E-state index contributed by atoms with van der Waals surface area (Å²) in [7, 11) is 6.41. The van der Waals surface area contributed by atoms with Crippen LogP contribution in [0, 0.1) is 5.82 Å². The summed E-state index contributed by atoms with van der Waals surface area (Å²) >= 11 is 6.18. The molecule has 0 aliphatic carbocycles. The zero-order valence-corrected chi connectivity index (χ0v) is 42.3. The quantitative estimate of drug-likeness (QED) is 0.0521. The first kappa shape index (κ1) is 52.6. The lowest BCUT2D eigenvalue weighted by molar-refractivity contribution is 0.0319. The second-order valence-corrected chi connectivity index (χ2v) is 16.7. The molecule has 4 aromatic heterocycles. The molecular weight excluding hydrogens is 975 g/mol. The van der Waals surface area contributed by atoms with Gasteiger partial charge in [-0.3, -0.25) is 9.80 Å². The zero-order chi connectivity index (χ0) is 51.5. The summed E-state index contributed by atoms with van der Waals surface area (Å²) in [6.45, 7) is 10.1. The van der Waals surface area contributed by atoms with Gasteiger partial charge in [0.1, 0.15) is 53.2 Å². The molecule has 0 bridgehead atoms. The molecule has 2 fully saturated rings. The number of nitrogens with zero attached hydrogens (tertiary/aromatic N) is 10. The third kappa shape index (κ3) is 14.5. The third-order valence-electron chi connectivity index (χ3n) is 11.6. The van der Waals surface area contributed by atoms with E-state index in [1.807, 2.05) is 24.3 Å². The number of pyridine rings is 2. The Hall–Kier alpha value is -7.76. The van der Waals surface area contributed by atoms with E-state index >= 15 is 0 Å². The smallest absolute Gasteiger partial charge is 0.230 e. The molecule has 7 aromatic rings. The number of aromatic nitrogens is 8. The fourth-order valence-electron chi connectivity index (χ4n) is 7.82. The van der Waals surface area contributed by atoms with Crippen molar-refractivity contribution in [2.24, 2.45) is 0 Å². The lowest BCUT2D eigenvalue weighted by Gasteiger charge is -2.27. The second kappa shape index (κ2) is 26.8. The van der Waals surface area contributed by atoms with Crippen LogP contribution in [0.1, 0.15) is 5.56 Å². The van der Waals surface area contributed by atoms with Crippen molar-refractivity contribution < 1.29 is 37.5 Å². The topological polar surface area (TPSA) is 222 Å². The van der Waals surface area contributed by atoms with E-state index in [2.05, 4.69) is 70.9 Å². The van der Waals surface area contributed by atoms with Gasteiger partial charge in [-0.15, -0.1) is 0 Å². The molecule has 23 heteroatoms. The second-order valence-electron chi connectivity index (χ2n) is 16.4. The highest BCUT2D eigenvalue weighted by molar-refractivity contribution is 6.31. The molecule has 9 rings (SSSR count). The van der Waals surface area contributed by atoms with Crippen molar-refractivity contribution in [1.29, 1.82) is 0 Å². The number of benzene rings is 3. The highest BCUT2D eigenvalue weighted by Crippen LogP contribution is 2.41. The summed E-state index contributed by atoms with van der Waals surface area (Å²) in [6, 6.07) is 20.9. The summed E-state index contributed by atoms with van der Waals surface area (Å²) in [6.07, 6.45) is 6.14. The van der Waals surface area contributed by atoms with Gasteiger partial charge < -0.3 is 54.4 Å². The Balaban J connectivity index is 0.000000202. The predicted octanol–water partition coefficient (Wildman–Crippen LogP) is 7.25. The highest BCUT2D eigenvalue weighted by Gasteiger charge is 2.19. The van der Waals surface area contributed by atoms with Crippen molar-refractivity contribution in [2.75, 3.05) is 129 Å². The molecule has 2 aliphatic heterocycles. The largest absolute Gasteiger partial charge is 0.494 e. The Morgan fingerprint density at radius 2 is 1.14 bits per heavy atom. The van der Waals surface area contributed by atoms with Crippen molar-refractivity contribution in [3.05, 3.63) is 114 Å². The molecule has 21 nitrogen and oxygen atoms in total. The number of anilines is 6. The summed E-state index contributed by atoms with van der Waals surface area (Å²) in [4.78, 5) is 39.3. The van der Waals surface area contributed by atoms with Crippen molar-refractivity contribution in [3.8, 4) is 51.5 Å². The molecule has 6 heterocycles. The number of nitrogens with one attached hydrogen (secondary N) is 4. The Morgan fingerprint density at radius 1 is 0.608 bits per heavy atom. The number of morpholine rings is 2. The number of hydrogen-bond donors (Lipinski definition) is 4. The van der Waals surface area contributed by atoms with Gasteiger partial charge >= 0.3 is 0 Å². The molecule has 0 spiro atoms. The average molecular weight is 1030 g/mol. The van der Waals surface area contributed by atoms with Gasteiger partial charge in [-0.05, 0) is 42.0 Å². The van der Waals surface area contributed by atoms with Crippen LogP contribution in [0.3, 0.4) is 0 Å². The first-order valence-electron chi connectivity index (χ1n) is 23.8. The van der Waals surface area contributed by atoms with Crippen LogP contribution in [0.25, 0.3) is 22.8 Å². The fourth-order valence-corrected chi connectivity index (χ4v) is 8.02. The number of methoxy groups -OCH3 is 4. The number of rotatable bonds is 21. The molecule has 0 saturated carbocycles. The van der Waals surface area contributed by atoms with E-state index < -0.39 is 0 Å². The third-order valence-corrected chi connectivity index (χ3v) is 11.9. The minimum Gasteiger partial charge on any atom is -0.494 e. The Morgan fingerprint density at radius 3 is 1.70 bits per heavy atom. The van der Waals surface area contributed by atoms with Crippen LogP contribution in [-0.4, -0.2) is 157 Å². The molecule has 4 N–H and O–H groups in total. The molecule has 2 saturated heterocycles. The minimum absolute atomic E-state index is 0.279. The van der Waals surface area contributed by atoms with Crippen molar-refractivity contribution in [2.45, 2.75) is 6.54 Å². The fraction of sp³-hybridized carbons (Fsp3) is 0.333. The van der Waals surface area contributed by atoms with Gasteiger partial charge in [-0.1, -0.05) is 23.7 Å². The van der Waals surface area contributed by atoms with Gasteiger partial charge in [-0.25, -0.2) is 34.3 Å². The molecule has 388 valence electrons. The Labute approximate surface area is 433 Å². The van der Waals surface area contributed by atoms with Crippen molar-refractivity contribution in [1.82, 2.24) is 49.7 Å². The average Bonchev–Trinajstić information content (AvgIpc) is 3.44. The molecule has 0 amide bonds. The SMILES string of the molecule is COc1cc(Nc2ncnc(-c3cccnc3Cl)n2)cc(OC)c1NCCN1CCOCC1.COc1cc(Nc2ncnc(-c3cccnc3NCc3ccc(F)cc3)n2)cc(OC)c1OCCN1CCOCC1.